The molecule has 2 unspecified atom stereocenters. The molecule has 3 aliphatic rings. The van der Waals surface area contributed by atoms with Crippen LogP contribution in [0.2, 0.25) is 10.0 Å². The largest absolute Gasteiger partial charge is 0.469 e. The van der Waals surface area contributed by atoms with Crippen LogP contribution in [0.4, 0.5) is 5.95 Å². The van der Waals surface area contributed by atoms with Gasteiger partial charge in [-0.1, -0.05) is 23.2 Å². The molecule has 2 atom stereocenters. The van der Waals surface area contributed by atoms with E-state index in [-0.39, 0.29) is 5.97 Å². The van der Waals surface area contributed by atoms with E-state index >= 15 is 0 Å². The van der Waals surface area contributed by atoms with Gasteiger partial charge in [0.1, 0.15) is 0 Å². The molecule has 3 aliphatic heterocycles. The number of piperidine rings is 1. The van der Waals surface area contributed by atoms with E-state index < -0.39 is 0 Å². The summed E-state index contributed by atoms with van der Waals surface area (Å²) in [4.78, 5) is 30.4. The van der Waals surface area contributed by atoms with E-state index in [1.807, 2.05) is 18.2 Å². The Hall–Kier alpha value is -2.98. The second kappa shape index (κ2) is 12.5. The van der Waals surface area contributed by atoms with Gasteiger partial charge in [0.15, 0.2) is 5.75 Å². The minimum absolute atomic E-state index is 0.138. The van der Waals surface area contributed by atoms with Gasteiger partial charge in [-0.2, -0.15) is 0 Å². The number of fused-ring (bicyclic) bond motifs is 1. The second-order valence-corrected chi connectivity index (χ2v) is 12.0. The maximum Gasteiger partial charge on any atom is 0.305 e. The van der Waals surface area contributed by atoms with Gasteiger partial charge in [0.05, 0.1) is 25.2 Å². The van der Waals surface area contributed by atoms with Gasteiger partial charge in [0.2, 0.25) is 11.8 Å². The fraction of sp³-hybridized carbons (Fsp3) is 0.467. The van der Waals surface area contributed by atoms with Crippen LogP contribution in [0, 0.1) is 11.8 Å². The number of carbonyl (C=O) groups is 1. The predicted octanol–water partition coefficient (Wildman–Crippen LogP) is 5.21. The number of likely N-dealkylation sites (tertiary alicyclic amines) is 1. The van der Waals surface area contributed by atoms with Gasteiger partial charge in [-0.15, -0.1) is 0 Å². The Morgan fingerprint density at radius 3 is 2.49 bits per heavy atom. The number of pyridine rings is 1. The van der Waals surface area contributed by atoms with Gasteiger partial charge in [-0.05, 0) is 74.0 Å². The van der Waals surface area contributed by atoms with Gasteiger partial charge in [0, 0.05) is 60.3 Å². The van der Waals surface area contributed by atoms with E-state index in [0.717, 1.165) is 81.3 Å². The zero-order valence-electron chi connectivity index (χ0n) is 23.1. The van der Waals surface area contributed by atoms with Crippen LogP contribution >= 0.6 is 23.2 Å². The molecule has 1 aromatic carbocycles. The van der Waals surface area contributed by atoms with Crippen molar-refractivity contribution in [3.8, 4) is 22.9 Å². The van der Waals surface area contributed by atoms with Crippen LogP contribution in [0.3, 0.4) is 0 Å². The average Bonchev–Trinajstić information content (AvgIpc) is 3.59. The van der Waals surface area contributed by atoms with Crippen LogP contribution in [0.15, 0.2) is 42.7 Å². The molecule has 0 radical (unpaired) electrons. The molecule has 11 heteroatoms. The Morgan fingerprint density at radius 2 is 1.76 bits per heavy atom. The standard InChI is InChI=1S/C30H34Cl2N6O3/c1-40-29(39)10-19-2-5-37(6-3-19)18-20-8-26(22-11-23(31)13-24(32)12-22)36-28(9-20)41-25-15-34-30(35-16-25)38-7-4-21-14-33-17-27(21)38/h8-9,11-13,15-16,19,21,27,33H,2-7,10,14,17-18H2,1H3. The molecule has 5 heterocycles. The highest BCUT2D eigenvalue weighted by Gasteiger charge is 2.38. The number of halogens is 2. The summed E-state index contributed by atoms with van der Waals surface area (Å²) >= 11 is 12.6. The summed E-state index contributed by atoms with van der Waals surface area (Å²) in [6.07, 6.45) is 6.99. The van der Waals surface area contributed by atoms with Crippen molar-refractivity contribution in [3.05, 3.63) is 58.3 Å². The topological polar surface area (TPSA) is 92.7 Å². The molecular formula is C30H34Cl2N6O3. The lowest BCUT2D eigenvalue weighted by molar-refractivity contribution is -0.142. The van der Waals surface area contributed by atoms with Crippen molar-refractivity contribution in [1.82, 2.24) is 25.2 Å². The Labute approximate surface area is 250 Å². The number of anilines is 1. The molecule has 3 fully saturated rings. The fourth-order valence-corrected chi connectivity index (χ4v) is 6.73. The molecule has 3 aromatic rings. The highest BCUT2D eigenvalue weighted by Crippen LogP contribution is 2.33. The Kier molecular flexibility index (Phi) is 8.57. The third-order valence-corrected chi connectivity index (χ3v) is 8.79. The normalized spacial score (nSPS) is 21.2. The zero-order valence-corrected chi connectivity index (χ0v) is 24.6. The first-order valence-electron chi connectivity index (χ1n) is 14.2. The number of benzene rings is 1. The molecule has 41 heavy (non-hydrogen) atoms. The van der Waals surface area contributed by atoms with Crippen molar-refractivity contribution >= 4 is 35.1 Å². The van der Waals surface area contributed by atoms with Gasteiger partial charge < -0.3 is 19.7 Å². The van der Waals surface area contributed by atoms with E-state index in [1.165, 1.54) is 7.11 Å². The molecule has 9 nitrogen and oxygen atoms in total. The second-order valence-electron chi connectivity index (χ2n) is 11.1. The first-order chi connectivity index (χ1) is 19.9. The molecule has 2 aromatic heterocycles. The Morgan fingerprint density at radius 1 is 1.00 bits per heavy atom. The molecule has 0 saturated carbocycles. The van der Waals surface area contributed by atoms with Crippen molar-refractivity contribution in [2.24, 2.45) is 11.8 Å². The molecule has 216 valence electrons. The monoisotopic (exact) mass is 596 g/mol. The minimum Gasteiger partial charge on any atom is -0.469 e. The van der Waals surface area contributed by atoms with Crippen LogP contribution in [0.5, 0.6) is 11.6 Å². The average molecular weight is 598 g/mol. The highest BCUT2D eigenvalue weighted by molar-refractivity contribution is 6.35. The first-order valence-corrected chi connectivity index (χ1v) is 14.9. The number of carbonyl (C=O) groups excluding carboxylic acids is 1. The number of rotatable bonds is 8. The summed E-state index contributed by atoms with van der Waals surface area (Å²) in [6.45, 7) is 5.56. The summed E-state index contributed by atoms with van der Waals surface area (Å²) in [5.41, 5.74) is 2.59. The molecule has 1 N–H and O–H groups in total. The maximum atomic E-state index is 11.7. The Balaban J connectivity index is 1.20. The van der Waals surface area contributed by atoms with Crippen LogP contribution in [0.25, 0.3) is 11.3 Å². The van der Waals surface area contributed by atoms with Crippen molar-refractivity contribution in [2.75, 3.05) is 44.7 Å². The van der Waals surface area contributed by atoms with Gasteiger partial charge in [-0.3, -0.25) is 9.69 Å². The van der Waals surface area contributed by atoms with Crippen molar-refractivity contribution in [3.63, 3.8) is 0 Å². The number of nitrogens with one attached hydrogen (secondary N) is 1. The summed E-state index contributed by atoms with van der Waals surface area (Å²) in [5, 5.41) is 4.56. The molecule has 6 rings (SSSR count). The van der Waals surface area contributed by atoms with E-state index in [4.69, 9.17) is 37.7 Å². The number of aromatic nitrogens is 3. The van der Waals surface area contributed by atoms with E-state index in [9.17, 15) is 4.79 Å². The first kappa shape index (κ1) is 28.2. The summed E-state index contributed by atoms with van der Waals surface area (Å²) < 4.78 is 11.1. The molecule has 0 aliphatic carbocycles. The van der Waals surface area contributed by atoms with Crippen LogP contribution < -0.4 is 15.0 Å². The molecule has 0 amide bonds. The molecule has 3 saturated heterocycles. The summed E-state index contributed by atoms with van der Waals surface area (Å²) in [6, 6.07) is 9.86. The highest BCUT2D eigenvalue weighted by atomic mass is 35.5. The van der Waals surface area contributed by atoms with E-state index in [1.54, 1.807) is 18.5 Å². The third-order valence-electron chi connectivity index (χ3n) is 8.36. The summed E-state index contributed by atoms with van der Waals surface area (Å²) in [5.74, 6) is 2.60. The SMILES string of the molecule is COC(=O)CC1CCN(Cc2cc(Oc3cnc(N4CCC5CNCC54)nc3)nc(-c3cc(Cl)cc(Cl)c3)c2)CC1. The van der Waals surface area contributed by atoms with Crippen LogP contribution in [-0.4, -0.2) is 71.7 Å². The number of hydrogen-bond donors (Lipinski definition) is 1. The maximum absolute atomic E-state index is 11.7. The number of esters is 1. The van der Waals surface area contributed by atoms with Gasteiger partial charge >= 0.3 is 5.97 Å². The van der Waals surface area contributed by atoms with E-state index in [0.29, 0.717) is 46.0 Å². The third kappa shape index (κ3) is 6.75. The van der Waals surface area contributed by atoms with Gasteiger partial charge in [-0.25, -0.2) is 15.0 Å². The smallest absolute Gasteiger partial charge is 0.305 e. The van der Waals surface area contributed by atoms with E-state index in [2.05, 4.69) is 31.2 Å². The van der Waals surface area contributed by atoms with Crippen LogP contribution in [-0.2, 0) is 16.1 Å². The lowest BCUT2D eigenvalue weighted by Crippen LogP contribution is -2.35. The molecular weight excluding hydrogens is 563 g/mol. The number of ether oxygens (including phenoxy) is 2. The molecule has 0 spiro atoms. The fourth-order valence-electron chi connectivity index (χ4n) is 6.21. The summed E-state index contributed by atoms with van der Waals surface area (Å²) in [7, 11) is 1.45. The van der Waals surface area contributed by atoms with Crippen molar-refractivity contribution < 1.29 is 14.3 Å². The lowest BCUT2D eigenvalue weighted by Gasteiger charge is -2.31. The predicted molar refractivity (Wildman–Crippen MR) is 159 cm³/mol. The minimum atomic E-state index is -0.138. The van der Waals surface area contributed by atoms with Crippen LogP contribution in [0.1, 0.15) is 31.2 Å². The lowest BCUT2D eigenvalue weighted by atomic mass is 9.93. The quantitative estimate of drug-likeness (QED) is 0.352. The Bertz CT molecular complexity index is 1360. The molecule has 0 bridgehead atoms. The zero-order chi connectivity index (χ0) is 28.3. The van der Waals surface area contributed by atoms with Gasteiger partial charge in [0.25, 0.3) is 0 Å². The number of methoxy groups -OCH3 is 1. The van der Waals surface area contributed by atoms with Crippen molar-refractivity contribution in [2.45, 2.75) is 38.3 Å². The van der Waals surface area contributed by atoms with Crippen molar-refractivity contribution in [1.29, 1.82) is 0 Å². The number of hydrogen-bond acceptors (Lipinski definition) is 9. The number of nitrogens with zero attached hydrogens (tertiary/aromatic N) is 5.